The van der Waals surface area contributed by atoms with Crippen LogP contribution < -0.4 is 9.47 Å². The Morgan fingerprint density at radius 1 is 1.26 bits per heavy atom. The summed E-state index contributed by atoms with van der Waals surface area (Å²) >= 11 is 0. The molecule has 1 aromatic heterocycles. The highest BCUT2D eigenvalue weighted by atomic mass is 16.5. The standard InChI is InChI=1S/C19H23N3O5/c1-26-14-5-6-15(17(10-14)27-2)19(25)21-8-3-4-13(11-21)16-7-9-22(20-16)12-18(23)24/h5-7,9-10,13H,3-4,8,11-12H2,1-2H3,(H,23,24)/t13-/m0/s1. The summed E-state index contributed by atoms with van der Waals surface area (Å²) in [5, 5.41) is 13.2. The highest BCUT2D eigenvalue weighted by molar-refractivity contribution is 5.97. The molecule has 2 heterocycles. The van der Waals surface area contributed by atoms with Crippen molar-refractivity contribution in [3.63, 3.8) is 0 Å². The van der Waals surface area contributed by atoms with Crippen LogP contribution >= 0.6 is 0 Å². The maximum absolute atomic E-state index is 13.0. The predicted molar refractivity (Wildman–Crippen MR) is 97.3 cm³/mol. The molecule has 8 heteroatoms. The second-order valence-electron chi connectivity index (χ2n) is 6.49. The SMILES string of the molecule is COc1ccc(C(=O)N2CCC[C@H](c3ccn(CC(=O)O)n3)C2)c(OC)c1. The van der Waals surface area contributed by atoms with Gasteiger partial charge in [-0.05, 0) is 31.0 Å². The topological polar surface area (TPSA) is 93.9 Å². The summed E-state index contributed by atoms with van der Waals surface area (Å²) in [6, 6.07) is 6.98. The quantitative estimate of drug-likeness (QED) is 0.832. The predicted octanol–water partition coefficient (Wildman–Crippen LogP) is 2.00. The third-order valence-electron chi connectivity index (χ3n) is 4.72. The van der Waals surface area contributed by atoms with Crippen LogP contribution in [0.5, 0.6) is 11.5 Å². The number of benzene rings is 1. The van der Waals surface area contributed by atoms with Gasteiger partial charge in [0.15, 0.2) is 0 Å². The maximum Gasteiger partial charge on any atom is 0.325 e. The van der Waals surface area contributed by atoms with Gasteiger partial charge in [0, 0.05) is 31.3 Å². The molecule has 3 rings (SSSR count). The lowest BCUT2D eigenvalue weighted by Crippen LogP contribution is -2.39. The van der Waals surface area contributed by atoms with Crippen LogP contribution in [-0.4, -0.2) is 59.0 Å². The van der Waals surface area contributed by atoms with E-state index in [-0.39, 0.29) is 18.4 Å². The van der Waals surface area contributed by atoms with Gasteiger partial charge in [0.25, 0.3) is 5.91 Å². The number of aromatic nitrogens is 2. The number of hydrogen-bond acceptors (Lipinski definition) is 5. The van der Waals surface area contributed by atoms with Gasteiger partial charge in [0.1, 0.15) is 18.0 Å². The van der Waals surface area contributed by atoms with Gasteiger partial charge in [-0.25, -0.2) is 0 Å². The number of carboxylic acids is 1. The fourth-order valence-corrected chi connectivity index (χ4v) is 3.37. The number of piperidine rings is 1. The normalized spacial score (nSPS) is 16.8. The number of methoxy groups -OCH3 is 2. The molecule has 1 aliphatic rings. The lowest BCUT2D eigenvalue weighted by Gasteiger charge is -2.32. The lowest BCUT2D eigenvalue weighted by molar-refractivity contribution is -0.137. The first-order valence-corrected chi connectivity index (χ1v) is 8.78. The van der Waals surface area contributed by atoms with Crippen molar-refractivity contribution in [3.05, 3.63) is 41.7 Å². The molecule has 0 aliphatic carbocycles. The molecule has 0 bridgehead atoms. The molecule has 0 saturated carbocycles. The summed E-state index contributed by atoms with van der Waals surface area (Å²) in [5.41, 5.74) is 1.31. The number of carbonyl (C=O) groups excluding carboxylic acids is 1. The summed E-state index contributed by atoms with van der Waals surface area (Å²) in [6.45, 7) is 1.04. The monoisotopic (exact) mass is 373 g/mol. The van der Waals surface area contributed by atoms with Crippen molar-refractivity contribution in [2.45, 2.75) is 25.3 Å². The van der Waals surface area contributed by atoms with Gasteiger partial charge in [-0.3, -0.25) is 14.3 Å². The number of carbonyl (C=O) groups is 2. The Morgan fingerprint density at radius 2 is 2.07 bits per heavy atom. The molecule has 0 spiro atoms. The van der Waals surface area contributed by atoms with Gasteiger partial charge in [0.05, 0.1) is 25.5 Å². The highest BCUT2D eigenvalue weighted by Gasteiger charge is 2.28. The molecular formula is C19H23N3O5. The van der Waals surface area contributed by atoms with Crippen molar-refractivity contribution < 1.29 is 24.2 Å². The first kappa shape index (κ1) is 18.8. The average Bonchev–Trinajstić information content (AvgIpc) is 3.14. The molecule has 1 aliphatic heterocycles. The van der Waals surface area contributed by atoms with E-state index < -0.39 is 5.97 Å². The number of carboxylic acid groups (broad SMARTS) is 1. The number of rotatable bonds is 6. The van der Waals surface area contributed by atoms with Crippen molar-refractivity contribution in [3.8, 4) is 11.5 Å². The van der Waals surface area contributed by atoms with E-state index in [4.69, 9.17) is 14.6 Å². The van der Waals surface area contributed by atoms with Crippen molar-refractivity contribution >= 4 is 11.9 Å². The van der Waals surface area contributed by atoms with E-state index in [9.17, 15) is 9.59 Å². The van der Waals surface area contributed by atoms with Gasteiger partial charge in [-0.2, -0.15) is 5.10 Å². The number of nitrogens with zero attached hydrogens (tertiary/aromatic N) is 3. The summed E-state index contributed by atoms with van der Waals surface area (Å²) in [7, 11) is 3.09. The molecule has 1 fully saturated rings. The van der Waals surface area contributed by atoms with Crippen LogP contribution in [-0.2, 0) is 11.3 Å². The van der Waals surface area contributed by atoms with Crippen LogP contribution in [0.15, 0.2) is 30.5 Å². The Kier molecular flexibility index (Phi) is 5.63. The first-order chi connectivity index (χ1) is 13.0. The zero-order valence-corrected chi connectivity index (χ0v) is 15.4. The number of ether oxygens (including phenoxy) is 2. The van der Waals surface area contributed by atoms with Gasteiger partial charge >= 0.3 is 5.97 Å². The Hall–Kier alpha value is -3.03. The molecule has 1 saturated heterocycles. The fraction of sp³-hybridized carbons (Fsp3) is 0.421. The van der Waals surface area contributed by atoms with E-state index in [0.29, 0.717) is 30.2 Å². The maximum atomic E-state index is 13.0. The smallest absolute Gasteiger partial charge is 0.325 e. The average molecular weight is 373 g/mol. The molecule has 1 amide bonds. The molecular weight excluding hydrogens is 350 g/mol. The van der Waals surface area contributed by atoms with Gasteiger partial charge in [-0.1, -0.05) is 0 Å². The van der Waals surface area contributed by atoms with Crippen LogP contribution in [0.25, 0.3) is 0 Å². The van der Waals surface area contributed by atoms with E-state index >= 15 is 0 Å². The molecule has 8 nitrogen and oxygen atoms in total. The summed E-state index contributed by atoms with van der Waals surface area (Å²) < 4.78 is 11.9. The molecule has 2 aromatic rings. The van der Waals surface area contributed by atoms with E-state index in [1.54, 1.807) is 36.4 Å². The lowest BCUT2D eigenvalue weighted by atomic mass is 9.94. The number of likely N-dealkylation sites (tertiary alicyclic amines) is 1. The molecule has 0 unspecified atom stereocenters. The van der Waals surface area contributed by atoms with Crippen LogP contribution in [0.2, 0.25) is 0 Å². The van der Waals surface area contributed by atoms with Gasteiger partial charge in [0.2, 0.25) is 0 Å². The fourth-order valence-electron chi connectivity index (χ4n) is 3.37. The van der Waals surface area contributed by atoms with E-state index in [2.05, 4.69) is 5.10 Å². The van der Waals surface area contributed by atoms with Crippen LogP contribution in [0.3, 0.4) is 0 Å². The van der Waals surface area contributed by atoms with Gasteiger partial charge in [-0.15, -0.1) is 0 Å². The number of amides is 1. The molecule has 27 heavy (non-hydrogen) atoms. The summed E-state index contributed by atoms with van der Waals surface area (Å²) in [4.78, 5) is 25.6. The zero-order valence-electron chi connectivity index (χ0n) is 15.4. The molecule has 1 N–H and O–H groups in total. The van der Waals surface area contributed by atoms with E-state index in [1.807, 2.05) is 6.07 Å². The molecule has 1 atom stereocenters. The Bertz CT molecular complexity index is 833. The first-order valence-electron chi connectivity index (χ1n) is 8.78. The third-order valence-corrected chi connectivity index (χ3v) is 4.72. The van der Waals surface area contributed by atoms with Gasteiger partial charge < -0.3 is 19.5 Å². The minimum Gasteiger partial charge on any atom is -0.497 e. The number of aliphatic carboxylic acids is 1. The summed E-state index contributed by atoms with van der Waals surface area (Å²) in [5.74, 6) is 0.166. The van der Waals surface area contributed by atoms with Crippen LogP contribution in [0, 0.1) is 0 Å². The second-order valence-corrected chi connectivity index (χ2v) is 6.49. The zero-order chi connectivity index (χ0) is 19.4. The minimum absolute atomic E-state index is 0.0852. The van der Waals surface area contributed by atoms with E-state index in [1.165, 1.54) is 11.8 Å². The van der Waals surface area contributed by atoms with Crippen LogP contribution in [0.1, 0.15) is 34.8 Å². The van der Waals surface area contributed by atoms with Crippen molar-refractivity contribution in [2.75, 3.05) is 27.3 Å². The molecule has 144 valence electrons. The number of hydrogen-bond donors (Lipinski definition) is 1. The molecule has 1 aromatic carbocycles. The minimum atomic E-state index is -0.934. The Labute approximate surface area is 157 Å². The highest BCUT2D eigenvalue weighted by Crippen LogP contribution is 2.30. The van der Waals surface area contributed by atoms with Crippen molar-refractivity contribution in [1.29, 1.82) is 0 Å². The van der Waals surface area contributed by atoms with Crippen LogP contribution in [0.4, 0.5) is 0 Å². The van der Waals surface area contributed by atoms with Crippen molar-refractivity contribution in [1.82, 2.24) is 14.7 Å². The summed E-state index contributed by atoms with van der Waals surface area (Å²) in [6.07, 6.45) is 3.44. The Balaban J connectivity index is 1.75. The third kappa shape index (κ3) is 4.21. The van der Waals surface area contributed by atoms with Crippen molar-refractivity contribution in [2.24, 2.45) is 0 Å². The Morgan fingerprint density at radius 3 is 2.78 bits per heavy atom. The molecule has 0 radical (unpaired) electrons. The second kappa shape index (κ2) is 8.11. The van der Waals surface area contributed by atoms with E-state index in [0.717, 1.165) is 18.5 Å². The largest absolute Gasteiger partial charge is 0.497 e.